The number of phosphoric acid groups is 1. The fourth-order valence-electron chi connectivity index (χ4n) is 4.94. The number of hydrogen-bond acceptors (Lipinski definition) is 9. The van der Waals surface area contributed by atoms with E-state index in [0.29, 0.717) is 6.42 Å². The molecule has 11 nitrogen and oxygen atoms in total. The van der Waals surface area contributed by atoms with Crippen LogP contribution in [0.3, 0.4) is 0 Å². The van der Waals surface area contributed by atoms with Crippen molar-refractivity contribution < 1.29 is 53.3 Å². The van der Waals surface area contributed by atoms with E-state index >= 15 is 0 Å². The Labute approximate surface area is 301 Å². The van der Waals surface area contributed by atoms with Crippen molar-refractivity contribution in [2.45, 2.75) is 161 Å². The minimum absolute atomic E-state index is 0.0898. The summed E-state index contributed by atoms with van der Waals surface area (Å²) >= 11 is 0. The van der Waals surface area contributed by atoms with Crippen molar-refractivity contribution in [1.29, 1.82) is 0 Å². The number of ether oxygens (including phenoxy) is 2. The Balaban J connectivity index is 4.37. The van der Waals surface area contributed by atoms with Crippen LogP contribution in [0, 0.1) is 5.92 Å². The van der Waals surface area contributed by atoms with Crippen LogP contribution in [-0.4, -0.2) is 74.7 Å². The van der Waals surface area contributed by atoms with Crippen molar-refractivity contribution >= 4 is 19.8 Å². The fourth-order valence-corrected chi connectivity index (χ4v) is 5.30. The zero-order valence-corrected chi connectivity index (χ0v) is 31.7. The number of esters is 2. The zero-order valence-electron chi connectivity index (χ0n) is 30.8. The molecule has 0 bridgehead atoms. The van der Waals surface area contributed by atoms with E-state index in [1.54, 1.807) is 42.5 Å². The molecule has 0 heterocycles. The molecule has 0 saturated carbocycles. The second-order valence-electron chi connectivity index (χ2n) is 13.2. The Hall–Kier alpha value is -2.11. The molecule has 12 heteroatoms. The van der Waals surface area contributed by atoms with Crippen LogP contribution in [0.4, 0.5) is 0 Å². The summed E-state index contributed by atoms with van der Waals surface area (Å²) in [6.45, 7) is 5.55. The summed E-state index contributed by atoms with van der Waals surface area (Å²) in [4.78, 5) is 42.7. The molecule has 4 atom stereocenters. The van der Waals surface area contributed by atoms with Gasteiger partial charge in [-0.05, 0) is 31.6 Å². The van der Waals surface area contributed by atoms with E-state index in [0.717, 1.165) is 50.9 Å². The number of aliphatic hydroxyl groups is 3. The van der Waals surface area contributed by atoms with E-state index in [2.05, 4.69) is 25.3 Å². The van der Waals surface area contributed by atoms with Gasteiger partial charge >= 0.3 is 19.8 Å². The fraction of sp³-hybridized carbons (Fsp3) is 0.737. The third kappa shape index (κ3) is 33.1. The second-order valence-corrected chi connectivity index (χ2v) is 14.5. The van der Waals surface area contributed by atoms with Crippen LogP contribution in [0.5, 0.6) is 0 Å². The summed E-state index contributed by atoms with van der Waals surface area (Å²) in [6, 6.07) is 0. The van der Waals surface area contributed by atoms with Crippen LogP contribution in [0.1, 0.15) is 136 Å². The molecule has 0 aliphatic rings. The molecule has 0 aliphatic carbocycles. The maximum absolute atomic E-state index is 12.4. The third-order valence-corrected chi connectivity index (χ3v) is 8.38. The predicted octanol–water partition coefficient (Wildman–Crippen LogP) is 7.56. The van der Waals surface area contributed by atoms with Gasteiger partial charge in [0.15, 0.2) is 6.10 Å². The average Bonchev–Trinajstić information content (AvgIpc) is 3.05. The van der Waals surface area contributed by atoms with Gasteiger partial charge in [-0.25, -0.2) is 4.57 Å². The van der Waals surface area contributed by atoms with Gasteiger partial charge in [0.1, 0.15) is 6.61 Å². The number of allylic oxidation sites excluding steroid dienone is 6. The summed E-state index contributed by atoms with van der Waals surface area (Å²) in [5.41, 5.74) is 0. The molecule has 0 unspecified atom stereocenters. The molecule has 5 N–H and O–H groups in total. The van der Waals surface area contributed by atoms with Gasteiger partial charge in [0, 0.05) is 12.8 Å². The summed E-state index contributed by atoms with van der Waals surface area (Å²) in [6.07, 6.45) is 25.1. The highest BCUT2D eigenvalue weighted by Gasteiger charge is 2.23. The van der Waals surface area contributed by atoms with Crippen LogP contribution in [-0.2, 0) is 28.2 Å². The summed E-state index contributed by atoms with van der Waals surface area (Å²) in [5, 5.41) is 30.2. The smallest absolute Gasteiger partial charge is 0.462 e. The SMILES string of the molecule is CCCCC[C@H](O)/C=C/C=C\C=C\C=C\[C@H](O)[C@@H](O)CCCC(=O)O[C@H](COC(=O)CCCCCCCCCCCC(C)C)COP(=O)(O)O. The van der Waals surface area contributed by atoms with E-state index in [-0.39, 0.29) is 25.7 Å². The van der Waals surface area contributed by atoms with Crippen molar-refractivity contribution in [2.75, 3.05) is 13.2 Å². The molecule has 0 radical (unpaired) electrons. The molecule has 0 aromatic rings. The first-order chi connectivity index (χ1) is 23.8. The van der Waals surface area contributed by atoms with Crippen molar-refractivity contribution in [2.24, 2.45) is 5.92 Å². The molecule has 0 rings (SSSR count). The number of rotatable bonds is 32. The van der Waals surface area contributed by atoms with Gasteiger partial charge in [-0.15, -0.1) is 0 Å². The predicted molar refractivity (Wildman–Crippen MR) is 197 cm³/mol. The Morgan fingerprint density at radius 2 is 1.18 bits per heavy atom. The van der Waals surface area contributed by atoms with E-state index < -0.39 is 57.4 Å². The number of hydrogen-bond donors (Lipinski definition) is 5. The Morgan fingerprint density at radius 1 is 0.640 bits per heavy atom. The van der Waals surface area contributed by atoms with E-state index in [4.69, 9.17) is 19.3 Å². The highest BCUT2D eigenvalue weighted by Crippen LogP contribution is 2.36. The monoisotopic (exact) mass is 730 g/mol. The molecule has 0 spiro atoms. The zero-order chi connectivity index (χ0) is 37.5. The molecule has 0 aliphatic heterocycles. The number of carbonyl (C=O) groups is 2. The van der Waals surface area contributed by atoms with Gasteiger partial charge < -0.3 is 34.6 Å². The first kappa shape index (κ1) is 47.9. The lowest BCUT2D eigenvalue weighted by molar-refractivity contribution is -0.161. The van der Waals surface area contributed by atoms with E-state index in [1.165, 1.54) is 44.6 Å². The lowest BCUT2D eigenvalue weighted by Gasteiger charge is -2.19. The molecular formula is C38H67O11P. The van der Waals surface area contributed by atoms with Gasteiger partial charge in [0.2, 0.25) is 0 Å². The van der Waals surface area contributed by atoms with Crippen molar-refractivity contribution in [3.8, 4) is 0 Å². The molecular weight excluding hydrogens is 663 g/mol. The summed E-state index contributed by atoms with van der Waals surface area (Å²) < 4.78 is 26.1. The van der Waals surface area contributed by atoms with Gasteiger partial charge in [-0.1, -0.05) is 146 Å². The quantitative estimate of drug-likeness (QED) is 0.0200. The lowest BCUT2D eigenvalue weighted by Crippen LogP contribution is -2.29. The Bertz CT molecular complexity index is 1020. The number of carbonyl (C=O) groups excluding carboxylic acids is 2. The molecule has 0 aromatic carbocycles. The Kier molecular flexibility index (Phi) is 30.3. The normalized spacial score (nSPS) is 15.1. The largest absolute Gasteiger partial charge is 0.469 e. The standard InChI is InChI=1S/C38H67O11P/c1-4-5-17-24-33(39)25-19-14-11-12-15-20-26-35(40)36(41)27-22-29-38(43)49-34(31-48-50(44,45)46)30-47-37(42)28-21-16-10-8-6-7-9-13-18-23-32(2)3/h11-12,14-15,19-20,25-26,32-36,39-41H,4-10,13,16-18,21-24,27-31H2,1-3H3,(H2,44,45,46)/b14-11-,15-12+,25-19+,26-20+/t33-,34+,35-,36-/m0/s1. The first-order valence-electron chi connectivity index (χ1n) is 18.6. The van der Waals surface area contributed by atoms with E-state index in [9.17, 15) is 29.5 Å². The van der Waals surface area contributed by atoms with E-state index in [1.807, 2.05) is 0 Å². The van der Waals surface area contributed by atoms with Crippen LogP contribution < -0.4 is 0 Å². The summed E-state index contributed by atoms with van der Waals surface area (Å²) in [5.74, 6) is -0.455. The van der Waals surface area contributed by atoms with Gasteiger partial charge in [0.05, 0.1) is 24.9 Å². The lowest BCUT2D eigenvalue weighted by atomic mass is 10.0. The van der Waals surface area contributed by atoms with Crippen LogP contribution in [0.2, 0.25) is 0 Å². The van der Waals surface area contributed by atoms with Crippen LogP contribution in [0.15, 0.2) is 48.6 Å². The number of phosphoric ester groups is 1. The third-order valence-electron chi connectivity index (χ3n) is 7.89. The minimum atomic E-state index is -4.85. The maximum atomic E-state index is 12.4. The Morgan fingerprint density at radius 3 is 1.78 bits per heavy atom. The van der Waals surface area contributed by atoms with Crippen molar-refractivity contribution in [1.82, 2.24) is 0 Å². The van der Waals surface area contributed by atoms with Gasteiger partial charge in [-0.3, -0.25) is 14.1 Å². The average molecular weight is 731 g/mol. The van der Waals surface area contributed by atoms with Crippen LogP contribution in [0.25, 0.3) is 0 Å². The second kappa shape index (κ2) is 31.6. The highest BCUT2D eigenvalue weighted by molar-refractivity contribution is 7.46. The first-order valence-corrected chi connectivity index (χ1v) is 20.1. The molecule has 50 heavy (non-hydrogen) atoms. The molecule has 0 aromatic heterocycles. The van der Waals surface area contributed by atoms with Crippen molar-refractivity contribution in [3.63, 3.8) is 0 Å². The highest BCUT2D eigenvalue weighted by atomic mass is 31.2. The molecule has 290 valence electrons. The molecule has 0 amide bonds. The number of aliphatic hydroxyl groups excluding tert-OH is 3. The van der Waals surface area contributed by atoms with Gasteiger partial charge in [-0.2, -0.15) is 0 Å². The summed E-state index contributed by atoms with van der Waals surface area (Å²) in [7, 11) is -4.85. The van der Waals surface area contributed by atoms with Crippen molar-refractivity contribution in [3.05, 3.63) is 48.6 Å². The number of unbranched alkanes of at least 4 members (excludes halogenated alkanes) is 10. The maximum Gasteiger partial charge on any atom is 0.469 e. The molecule has 0 fully saturated rings. The van der Waals surface area contributed by atoms with Gasteiger partial charge in [0.25, 0.3) is 0 Å². The van der Waals surface area contributed by atoms with Crippen LogP contribution >= 0.6 is 7.82 Å². The molecule has 0 saturated heterocycles. The minimum Gasteiger partial charge on any atom is -0.462 e. The topological polar surface area (TPSA) is 180 Å².